The van der Waals surface area contributed by atoms with E-state index in [-0.39, 0.29) is 49.9 Å². The van der Waals surface area contributed by atoms with Crippen LogP contribution in [0.4, 0.5) is 9.59 Å². The molecule has 0 radical (unpaired) electrons. The van der Waals surface area contributed by atoms with Crippen LogP contribution in [0.15, 0.2) is 73.3 Å². The molecule has 5 rings (SSSR count). The van der Waals surface area contributed by atoms with Gasteiger partial charge in [0.2, 0.25) is 0 Å². The van der Waals surface area contributed by atoms with Gasteiger partial charge in [-0.25, -0.2) is 19.2 Å². The summed E-state index contributed by atoms with van der Waals surface area (Å²) in [6.45, 7) is 16.0. The van der Waals surface area contributed by atoms with E-state index in [0.29, 0.717) is 13.0 Å². The Morgan fingerprint density at radius 3 is 1.69 bits per heavy atom. The van der Waals surface area contributed by atoms with Gasteiger partial charge in [-0.05, 0) is 69.8 Å². The third kappa shape index (κ3) is 11.6. The fourth-order valence-corrected chi connectivity index (χ4v) is 7.66. The number of likely N-dealkylation sites (tertiary alicyclic amines) is 2. The van der Waals surface area contributed by atoms with Crippen molar-refractivity contribution in [3.8, 4) is 0 Å². The van der Waals surface area contributed by atoms with Gasteiger partial charge in [0.1, 0.15) is 31.4 Å². The van der Waals surface area contributed by atoms with Crippen molar-refractivity contribution in [3.63, 3.8) is 0 Å². The first kappa shape index (κ1) is 45.8. The highest BCUT2D eigenvalue weighted by molar-refractivity contribution is 6.45. The van der Waals surface area contributed by atoms with Gasteiger partial charge >= 0.3 is 37.2 Å². The van der Waals surface area contributed by atoms with E-state index in [1.54, 1.807) is 6.08 Å². The third-order valence-corrected chi connectivity index (χ3v) is 11.4. The summed E-state index contributed by atoms with van der Waals surface area (Å²) < 4.78 is 38.2. The first-order chi connectivity index (χ1) is 27.5. The smallest absolute Gasteiger partial charge is 0.457 e. The van der Waals surface area contributed by atoms with Gasteiger partial charge in [-0.15, -0.1) is 6.58 Å². The molecule has 0 saturated carbocycles. The van der Waals surface area contributed by atoms with E-state index in [0.717, 1.165) is 30.3 Å². The summed E-state index contributed by atoms with van der Waals surface area (Å²) in [7, 11) is 2.35. The van der Waals surface area contributed by atoms with Crippen LogP contribution in [0, 0.1) is 17.8 Å². The number of rotatable bonds is 13. The van der Waals surface area contributed by atoms with Crippen molar-refractivity contribution >= 4 is 37.2 Å². The maximum Gasteiger partial charge on any atom is 0.457 e. The van der Waals surface area contributed by atoms with E-state index in [9.17, 15) is 24.0 Å². The second kappa shape index (κ2) is 20.7. The Morgan fingerprint density at radius 2 is 1.24 bits per heavy atom. The molecule has 0 aliphatic carbocycles. The molecule has 0 bridgehead atoms. The number of amides is 2. The lowest BCUT2D eigenvalue weighted by atomic mass is 9.78. The maximum absolute atomic E-state index is 12.8. The number of hydrogen-bond acceptors (Lipinski definition) is 12. The van der Waals surface area contributed by atoms with Gasteiger partial charge in [0.25, 0.3) is 0 Å². The van der Waals surface area contributed by atoms with Gasteiger partial charge in [-0.2, -0.15) is 0 Å². The van der Waals surface area contributed by atoms with Crippen LogP contribution in [-0.4, -0.2) is 104 Å². The van der Waals surface area contributed by atoms with Crippen LogP contribution in [0.1, 0.15) is 71.9 Å². The molecule has 0 spiro atoms. The quantitative estimate of drug-likeness (QED) is 0.0926. The van der Waals surface area contributed by atoms with Crippen LogP contribution in [0.2, 0.25) is 6.32 Å². The Morgan fingerprint density at radius 1 is 0.776 bits per heavy atom. The average Bonchev–Trinajstić information content (AvgIpc) is 3.79. The molecule has 0 aromatic heterocycles. The van der Waals surface area contributed by atoms with Crippen molar-refractivity contribution < 1.29 is 57.0 Å². The first-order valence-corrected chi connectivity index (χ1v) is 19.8. The topological polar surface area (TPSA) is 156 Å². The lowest BCUT2D eigenvalue weighted by molar-refractivity contribution is -0.151. The van der Waals surface area contributed by atoms with Crippen molar-refractivity contribution in [3.05, 3.63) is 84.4 Å². The highest BCUT2D eigenvalue weighted by Crippen LogP contribution is 2.40. The van der Waals surface area contributed by atoms with Gasteiger partial charge < -0.3 is 33.0 Å². The zero-order valence-corrected chi connectivity index (χ0v) is 35.0. The average molecular weight is 807 g/mol. The zero-order chi connectivity index (χ0) is 42.6. The van der Waals surface area contributed by atoms with Crippen molar-refractivity contribution in [1.82, 2.24) is 9.80 Å². The van der Waals surface area contributed by atoms with Gasteiger partial charge in [-0.3, -0.25) is 14.6 Å². The maximum atomic E-state index is 12.8. The molecule has 3 saturated heterocycles. The second-order valence-corrected chi connectivity index (χ2v) is 15.9. The minimum atomic E-state index is -0.898. The van der Waals surface area contributed by atoms with Crippen LogP contribution in [0.3, 0.4) is 0 Å². The molecule has 3 fully saturated rings. The van der Waals surface area contributed by atoms with Crippen LogP contribution in [0.5, 0.6) is 0 Å². The highest BCUT2D eigenvalue weighted by atomic mass is 16.7. The summed E-state index contributed by atoms with van der Waals surface area (Å²) in [6.07, 6.45) is 2.58. The van der Waals surface area contributed by atoms with E-state index in [1.165, 1.54) is 30.9 Å². The molecule has 2 aromatic carbocycles. The molecule has 316 valence electrons. The SMILES string of the molecule is C=CC[C@H]1[C@@H](OC(C)=O)CN(C(=O)OCc2ccccc2)[C@@H]1C(=O)OC.COC(=O)[C@@H]1[C@@H](CCCB2OC(C)(C)C(C)(C)O2)[C@@H](C)CN1C(=O)OCc1ccccc1. The Balaban J connectivity index is 0.000000262. The largest absolute Gasteiger partial charge is 0.467 e. The first-order valence-electron chi connectivity index (χ1n) is 19.8. The molecule has 58 heavy (non-hydrogen) atoms. The number of esters is 3. The molecular weight excluding hydrogens is 747 g/mol. The van der Waals surface area contributed by atoms with Crippen molar-refractivity contribution in [2.24, 2.45) is 17.8 Å². The van der Waals surface area contributed by atoms with E-state index in [2.05, 4.69) is 13.5 Å². The molecule has 3 aliphatic heterocycles. The molecular formula is C43H59BN2O12. The monoisotopic (exact) mass is 806 g/mol. The Bertz CT molecular complexity index is 1690. The molecule has 0 N–H and O–H groups in total. The van der Waals surface area contributed by atoms with Gasteiger partial charge in [0.15, 0.2) is 0 Å². The summed E-state index contributed by atoms with van der Waals surface area (Å²) in [5, 5.41) is 0. The Hall–Kier alpha value is -4.89. The Kier molecular flexibility index (Phi) is 16.3. The number of carbonyl (C=O) groups is 5. The molecule has 3 heterocycles. The van der Waals surface area contributed by atoms with Crippen LogP contribution >= 0.6 is 0 Å². The minimum absolute atomic E-state index is 0.00542. The summed E-state index contributed by atoms with van der Waals surface area (Å²) in [5.74, 6) is -1.74. The van der Waals surface area contributed by atoms with Crippen molar-refractivity contribution in [2.75, 3.05) is 27.3 Å². The van der Waals surface area contributed by atoms with Crippen LogP contribution < -0.4 is 0 Å². The zero-order valence-electron chi connectivity index (χ0n) is 35.0. The molecule has 2 amide bonds. The number of allylic oxidation sites excluding steroid dienone is 1. The minimum Gasteiger partial charge on any atom is -0.467 e. The van der Waals surface area contributed by atoms with Crippen LogP contribution in [-0.2, 0) is 60.6 Å². The van der Waals surface area contributed by atoms with Crippen molar-refractivity contribution in [2.45, 2.75) is 110 Å². The highest BCUT2D eigenvalue weighted by Gasteiger charge is 2.52. The molecule has 3 aliphatic rings. The van der Waals surface area contributed by atoms with Gasteiger partial charge in [0, 0.05) is 19.4 Å². The molecule has 6 atom stereocenters. The number of hydrogen-bond donors (Lipinski definition) is 0. The molecule has 15 heteroatoms. The van der Waals surface area contributed by atoms with E-state index in [1.807, 2.05) is 88.4 Å². The normalized spacial score (nSPS) is 24.2. The lowest BCUT2D eigenvalue weighted by Gasteiger charge is -2.32. The lowest BCUT2D eigenvalue weighted by Crippen LogP contribution is -2.44. The fraction of sp³-hybridized carbons (Fsp3) is 0.558. The fourth-order valence-electron chi connectivity index (χ4n) is 7.66. The predicted octanol–water partition coefficient (Wildman–Crippen LogP) is 6.61. The number of nitrogens with zero attached hydrogens (tertiary/aromatic N) is 2. The van der Waals surface area contributed by atoms with Gasteiger partial charge in [-0.1, -0.05) is 80.1 Å². The second-order valence-electron chi connectivity index (χ2n) is 15.9. The molecule has 2 aromatic rings. The predicted molar refractivity (Wildman–Crippen MR) is 215 cm³/mol. The summed E-state index contributed by atoms with van der Waals surface area (Å²) in [5.41, 5.74) is 1.02. The number of methoxy groups -OCH3 is 2. The number of benzene rings is 2. The standard InChI is InChI=1S/C24H36BNO6.C19H23NO6/c1-17-15-26(22(28)30-16-18-11-8-7-9-12-18)20(21(27)29-6)19(17)13-10-14-25-31-23(2,3)24(4,5)32-25;1-4-8-15-16(26-13(2)21)11-20(17(15)18(22)24-3)19(23)25-12-14-9-6-5-7-10-14/h7-9,11-12,17,19-20H,10,13-16H2,1-6H3;4-7,9-10,15-17H,1,8,11-12H2,2-3H3/t17-,19-,20-;15-,16-,17-/m00/s1. The van der Waals surface area contributed by atoms with E-state index < -0.39 is 54.2 Å². The van der Waals surface area contributed by atoms with Crippen molar-refractivity contribution in [1.29, 1.82) is 0 Å². The summed E-state index contributed by atoms with van der Waals surface area (Å²) in [4.78, 5) is 64.5. The number of carbonyl (C=O) groups excluding carboxylic acids is 5. The summed E-state index contributed by atoms with van der Waals surface area (Å²) >= 11 is 0. The summed E-state index contributed by atoms with van der Waals surface area (Å²) in [6, 6.07) is 17.2. The third-order valence-electron chi connectivity index (χ3n) is 11.4. The Labute approximate surface area is 342 Å². The van der Waals surface area contributed by atoms with Crippen LogP contribution in [0.25, 0.3) is 0 Å². The molecule has 14 nitrogen and oxygen atoms in total. The van der Waals surface area contributed by atoms with E-state index >= 15 is 0 Å². The molecule has 0 unspecified atom stereocenters. The van der Waals surface area contributed by atoms with E-state index in [4.69, 9.17) is 33.0 Å². The van der Waals surface area contributed by atoms with Gasteiger partial charge in [0.05, 0.1) is 32.0 Å². The number of ether oxygens (including phenoxy) is 5.